The Morgan fingerprint density at radius 2 is 1.93 bits per heavy atom. The van der Waals surface area contributed by atoms with Gasteiger partial charge >= 0.3 is 5.97 Å². The largest absolute Gasteiger partial charge is 0.480 e. The molecule has 0 aliphatic carbocycles. The predicted octanol–water partition coefficient (Wildman–Crippen LogP) is 2.20. The number of carboxylic acids is 1. The van der Waals surface area contributed by atoms with Crippen LogP contribution in [-0.2, 0) is 9.36 Å². The van der Waals surface area contributed by atoms with Crippen molar-refractivity contribution in [2.75, 3.05) is 12.3 Å². The van der Waals surface area contributed by atoms with Crippen LogP contribution in [0.4, 0.5) is 0 Å². The van der Waals surface area contributed by atoms with Gasteiger partial charge in [0.2, 0.25) is 0 Å². The number of carbonyl (C=O) groups is 1. The normalized spacial score (nSPS) is 12.1. The molecule has 0 aromatic heterocycles. The zero-order valence-corrected chi connectivity index (χ0v) is 9.67. The van der Waals surface area contributed by atoms with Crippen molar-refractivity contribution in [1.82, 2.24) is 0 Å². The lowest BCUT2D eigenvalue weighted by Gasteiger charge is -2.18. The van der Waals surface area contributed by atoms with E-state index in [1.165, 1.54) is 19.1 Å². The maximum atomic E-state index is 12.3. The van der Waals surface area contributed by atoms with E-state index in [0.717, 1.165) is 0 Å². The molecule has 0 fully saturated rings. The van der Waals surface area contributed by atoms with Crippen molar-refractivity contribution >= 4 is 13.1 Å². The Balaban J connectivity index is 5.22. The zero-order chi connectivity index (χ0) is 11.9. The molecule has 15 heavy (non-hydrogen) atoms. The Hall–Kier alpha value is -1.26. The fraction of sp³-hybridized carbons (Fsp3) is 0.364. The Labute approximate surface area is 90.3 Å². The van der Waals surface area contributed by atoms with E-state index in [9.17, 15) is 9.36 Å². The van der Waals surface area contributed by atoms with E-state index >= 15 is 0 Å². The van der Waals surface area contributed by atoms with Gasteiger partial charge in [-0.25, -0.2) is 0 Å². The Kier molecular flexibility index (Phi) is 5.74. The molecule has 1 unspecified atom stereocenters. The van der Waals surface area contributed by atoms with Gasteiger partial charge in [0, 0.05) is 12.3 Å². The van der Waals surface area contributed by atoms with Crippen molar-refractivity contribution in [3.05, 3.63) is 25.3 Å². The van der Waals surface area contributed by atoms with Crippen LogP contribution in [0.5, 0.6) is 0 Å². The van der Waals surface area contributed by atoms with Crippen LogP contribution in [-0.4, -0.2) is 29.1 Å². The van der Waals surface area contributed by atoms with Gasteiger partial charge in [-0.1, -0.05) is 18.1 Å². The van der Waals surface area contributed by atoms with E-state index in [1.807, 2.05) is 0 Å². The topological polar surface area (TPSA) is 54.4 Å². The molecule has 0 aliphatic rings. The number of rotatable bonds is 6. The molecular weight excluding hydrogens is 211 g/mol. The molecular formula is C11H15O3P. The molecule has 0 aliphatic heterocycles. The fourth-order valence-corrected chi connectivity index (χ4v) is 3.45. The highest BCUT2D eigenvalue weighted by Crippen LogP contribution is 2.50. The first-order chi connectivity index (χ1) is 7.01. The summed E-state index contributed by atoms with van der Waals surface area (Å²) in [5, 5.41) is 8.95. The first kappa shape index (κ1) is 13.7. The number of allylic oxidation sites excluding steroid dienone is 2. The first-order valence-electron chi connectivity index (χ1n) is 4.46. The van der Waals surface area contributed by atoms with Gasteiger partial charge in [-0.15, -0.1) is 19.1 Å². The molecule has 0 aromatic rings. The number of hydrogen-bond donors (Lipinski definition) is 1. The summed E-state index contributed by atoms with van der Waals surface area (Å²) in [5.74, 6) is 3.84. The van der Waals surface area contributed by atoms with Crippen molar-refractivity contribution in [2.24, 2.45) is 0 Å². The van der Waals surface area contributed by atoms with Crippen LogP contribution in [0.1, 0.15) is 6.92 Å². The summed E-state index contributed by atoms with van der Waals surface area (Å²) in [7, 11) is -2.91. The van der Waals surface area contributed by atoms with Crippen molar-refractivity contribution < 1.29 is 14.5 Å². The van der Waals surface area contributed by atoms with Gasteiger partial charge in [0.1, 0.15) is 7.14 Å². The lowest BCUT2D eigenvalue weighted by atomic mass is 10.4. The van der Waals surface area contributed by atoms with Gasteiger partial charge in [-0.2, -0.15) is 0 Å². The number of carboxylic acid groups (broad SMARTS) is 1. The van der Waals surface area contributed by atoms with Crippen LogP contribution in [0.2, 0.25) is 0 Å². The standard InChI is InChI=1S/C11H15O3P/c1-4-7-10(11(12)13)15(14,8-5-2)9-6-3/h5-6,10H,2-3,8-9H2,1H3,(H,12,13). The molecule has 0 saturated carbocycles. The number of hydrogen-bond acceptors (Lipinski definition) is 2. The lowest BCUT2D eigenvalue weighted by molar-refractivity contribution is -0.135. The van der Waals surface area contributed by atoms with Gasteiger partial charge < -0.3 is 9.67 Å². The predicted molar refractivity (Wildman–Crippen MR) is 62.6 cm³/mol. The highest BCUT2D eigenvalue weighted by molar-refractivity contribution is 7.66. The molecule has 82 valence electrons. The molecule has 0 heterocycles. The maximum Gasteiger partial charge on any atom is 0.326 e. The third kappa shape index (κ3) is 3.77. The van der Waals surface area contributed by atoms with Gasteiger partial charge in [-0.05, 0) is 6.92 Å². The summed E-state index contributed by atoms with van der Waals surface area (Å²) >= 11 is 0. The van der Waals surface area contributed by atoms with Gasteiger partial charge in [-0.3, -0.25) is 4.79 Å². The highest BCUT2D eigenvalue weighted by atomic mass is 31.2. The first-order valence-corrected chi connectivity index (χ1v) is 6.61. The molecule has 1 atom stereocenters. The SMILES string of the molecule is C=CCP(=O)(CC=C)C(C#CC)C(=O)O. The molecule has 0 radical (unpaired) electrons. The summed E-state index contributed by atoms with van der Waals surface area (Å²) in [6.45, 7) is 8.49. The second-order valence-corrected chi connectivity index (χ2v) is 6.18. The van der Waals surface area contributed by atoms with Crippen LogP contribution in [0, 0.1) is 11.8 Å². The summed E-state index contributed by atoms with van der Waals surface area (Å²) in [4.78, 5) is 10.9. The van der Waals surface area contributed by atoms with Crippen molar-refractivity contribution in [3.63, 3.8) is 0 Å². The maximum absolute atomic E-state index is 12.3. The minimum Gasteiger partial charge on any atom is -0.480 e. The molecule has 0 aromatic carbocycles. The van der Waals surface area contributed by atoms with E-state index < -0.39 is 18.8 Å². The average molecular weight is 226 g/mol. The minimum absolute atomic E-state index is 0.171. The molecule has 1 N–H and O–H groups in total. The molecule has 0 spiro atoms. The third-order valence-electron chi connectivity index (χ3n) is 1.86. The minimum atomic E-state index is -2.91. The van der Waals surface area contributed by atoms with Crippen molar-refractivity contribution in [2.45, 2.75) is 12.6 Å². The zero-order valence-electron chi connectivity index (χ0n) is 8.77. The van der Waals surface area contributed by atoms with Gasteiger partial charge in [0.05, 0.1) is 0 Å². The van der Waals surface area contributed by atoms with E-state index in [0.29, 0.717) is 0 Å². The lowest BCUT2D eigenvalue weighted by Crippen LogP contribution is -2.21. The van der Waals surface area contributed by atoms with E-state index in [1.54, 1.807) is 0 Å². The molecule has 0 rings (SSSR count). The van der Waals surface area contributed by atoms with E-state index in [4.69, 9.17) is 5.11 Å². The molecule has 0 amide bonds. The number of aliphatic carboxylic acids is 1. The van der Waals surface area contributed by atoms with Gasteiger partial charge in [0.15, 0.2) is 5.66 Å². The second kappa shape index (κ2) is 6.27. The summed E-state index contributed by atoms with van der Waals surface area (Å²) in [5.41, 5.74) is -1.11. The third-order valence-corrected chi connectivity index (χ3v) is 4.91. The molecule has 3 nitrogen and oxygen atoms in total. The van der Waals surface area contributed by atoms with E-state index in [-0.39, 0.29) is 12.3 Å². The van der Waals surface area contributed by atoms with Crippen LogP contribution in [0.15, 0.2) is 25.3 Å². The Morgan fingerprint density at radius 1 is 1.47 bits per heavy atom. The van der Waals surface area contributed by atoms with Crippen LogP contribution in [0.25, 0.3) is 0 Å². The van der Waals surface area contributed by atoms with E-state index in [2.05, 4.69) is 25.0 Å². The Bertz CT molecular complexity index is 346. The smallest absolute Gasteiger partial charge is 0.326 e. The van der Waals surface area contributed by atoms with Gasteiger partial charge in [0.25, 0.3) is 0 Å². The molecule has 0 saturated heterocycles. The second-order valence-electron chi connectivity index (χ2n) is 3.03. The van der Waals surface area contributed by atoms with Crippen molar-refractivity contribution in [3.8, 4) is 11.8 Å². The monoisotopic (exact) mass is 226 g/mol. The van der Waals surface area contributed by atoms with Crippen LogP contribution >= 0.6 is 7.14 Å². The van der Waals surface area contributed by atoms with Crippen molar-refractivity contribution in [1.29, 1.82) is 0 Å². The molecule has 4 heteroatoms. The molecule has 0 bridgehead atoms. The summed E-state index contributed by atoms with van der Waals surface area (Å²) in [6.07, 6.45) is 3.28. The quantitative estimate of drug-likeness (QED) is 0.429. The highest BCUT2D eigenvalue weighted by Gasteiger charge is 2.34. The fourth-order valence-electron chi connectivity index (χ4n) is 1.24. The Morgan fingerprint density at radius 3 is 2.20 bits per heavy atom. The van der Waals surface area contributed by atoms with Crippen LogP contribution in [0.3, 0.4) is 0 Å². The van der Waals surface area contributed by atoms with Crippen LogP contribution < -0.4 is 0 Å². The summed E-state index contributed by atoms with van der Waals surface area (Å²) in [6, 6.07) is 0. The average Bonchev–Trinajstić information content (AvgIpc) is 2.14. The summed E-state index contributed by atoms with van der Waals surface area (Å²) < 4.78 is 12.3.